The van der Waals surface area contributed by atoms with Crippen molar-refractivity contribution in [3.05, 3.63) is 29.8 Å². The first-order valence-electron chi connectivity index (χ1n) is 7.90. The number of alkyl halides is 1. The van der Waals surface area contributed by atoms with Crippen LogP contribution in [0.5, 0.6) is 5.75 Å². The van der Waals surface area contributed by atoms with Crippen molar-refractivity contribution >= 4 is 11.6 Å². The van der Waals surface area contributed by atoms with Crippen LogP contribution >= 0.6 is 11.6 Å². The van der Waals surface area contributed by atoms with Gasteiger partial charge in [0.15, 0.2) is 0 Å². The zero-order valence-corrected chi connectivity index (χ0v) is 12.8. The van der Waals surface area contributed by atoms with Crippen LogP contribution in [0.3, 0.4) is 0 Å². The molecule has 1 fully saturated rings. The fourth-order valence-electron chi connectivity index (χ4n) is 3.64. The highest BCUT2D eigenvalue weighted by molar-refractivity contribution is 6.18. The van der Waals surface area contributed by atoms with Crippen LogP contribution in [0.4, 0.5) is 0 Å². The average Bonchev–Trinajstić information content (AvgIpc) is 2.91. The summed E-state index contributed by atoms with van der Waals surface area (Å²) in [6.07, 6.45) is 6.83. The van der Waals surface area contributed by atoms with Crippen LogP contribution in [0.1, 0.15) is 43.6 Å². The van der Waals surface area contributed by atoms with E-state index >= 15 is 0 Å². The molecule has 0 saturated heterocycles. The second-order valence-electron chi connectivity index (χ2n) is 6.02. The highest BCUT2D eigenvalue weighted by atomic mass is 35.5. The van der Waals surface area contributed by atoms with Gasteiger partial charge in [-0.2, -0.15) is 0 Å². The molecule has 0 N–H and O–H groups in total. The highest BCUT2D eigenvalue weighted by Crippen LogP contribution is 2.35. The minimum Gasteiger partial charge on any atom is -0.493 e. The molecule has 1 heterocycles. The molecule has 1 aliphatic carbocycles. The summed E-state index contributed by atoms with van der Waals surface area (Å²) in [6.45, 7) is 2.92. The van der Waals surface area contributed by atoms with Crippen LogP contribution in [0.2, 0.25) is 0 Å². The zero-order chi connectivity index (χ0) is 13.8. The Morgan fingerprint density at radius 1 is 1.15 bits per heavy atom. The van der Waals surface area contributed by atoms with Crippen molar-refractivity contribution in [3.63, 3.8) is 0 Å². The average molecular weight is 294 g/mol. The first-order chi connectivity index (χ1) is 9.88. The number of hydrogen-bond acceptors (Lipinski definition) is 2. The van der Waals surface area contributed by atoms with E-state index in [0.717, 1.165) is 37.4 Å². The largest absolute Gasteiger partial charge is 0.493 e. The Morgan fingerprint density at radius 3 is 2.75 bits per heavy atom. The van der Waals surface area contributed by atoms with E-state index in [1.807, 2.05) is 0 Å². The highest BCUT2D eigenvalue weighted by Gasteiger charge is 2.29. The van der Waals surface area contributed by atoms with Gasteiger partial charge in [-0.25, -0.2) is 0 Å². The van der Waals surface area contributed by atoms with E-state index in [9.17, 15) is 0 Å². The smallest absolute Gasteiger partial charge is 0.122 e. The third-order valence-corrected chi connectivity index (χ3v) is 4.89. The number of hydrogen-bond donors (Lipinski definition) is 0. The summed E-state index contributed by atoms with van der Waals surface area (Å²) in [6, 6.07) is 9.20. The molecule has 110 valence electrons. The van der Waals surface area contributed by atoms with Crippen molar-refractivity contribution < 1.29 is 4.74 Å². The number of nitrogens with zero attached hydrogens (tertiary/aromatic N) is 1. The third-order valence-electron chi connectivity index (χ3n) is 4.72. The lowest BCUT2D eigenvalue weighted by atomic mass is 9.92. The predicted molar refractivity (Wildman–Crippen MR) is 83.8 cm³/mol. The molecule has 3 heteroatoms. The summed E-state index contributed by atoms with van der Waals surface area (Å²) >= 11 is 6.03. The number of benzene rings is 1. The Labute approximate surface area is 127 Å². The van der Waals surface area contributed by atoms with Gasteiger partial charge in [0.25, 0.3) is 0 Å². The number of halogens is 1. The quantitative estimate of drug-likeness (QED) is 0.760. The molecular formula is C17H24ClNO. The van der Waals surface area contributed by atoms with Crippen molar-refractivity contribution in [1.82, 2.24) is 4.90 Å². The van der Waals surface area contributed by atoms with Gasteiger partial charge in [-0.3, -0.25) is 4.90 Å². The summed E-state index contributed by atoms with van der Waals surface area (Å²) in [5.41, 5.74) is 1.38. The Hall–Kier alpha value is -0.730. The van der Waals surface area contributed by atoms with Crippen LogP contribution in [-0.4, -0.2) is 36.5 Å². The van der Waals surface area contributed by atoms with Crippen LogP contribution in [0.25, 0.3) is 0 Å². The van der Waals surface area contributed by atoms with Gasteiger partial charge in [0, 0.05) is 36.5 Å². The van der Waals surface area contributed by atoms with Crippen molar-refractivity contribution in [2.24, 2.45) is 0 Å². The lowest BCUT2D eigenvalue weighted by molar-refractivity contribution is 0.148. The second-order valence-corrected chi connectivity index (χ2v) is 6.40. The van der Waals surface area contributed by atoms with Crippen molar-refractivity contribution in [1.29, 1.82) is 0 Å². The van der Waals surface area contributed by atoms with E-state index in [4.69, 9.17) is 16.3 Å². The van der Waals surface area contributed by atoms with Gasteiger partial charge < -0.3 is 4.74 Å². The van der Waals surface area contributed by atoms with Crippen molar-refractivity contribution in [3.8, 4) is 5.75 Å². The zero-order valence-electron chi connectivity index (χ0n) is 12.1. The Balaban J connectivity index is 1.67. The number of para-hydroxylation sites is 1. The summed E-state index contributed by atoms with van der Waals surface area (Å²) in [5, 5.41) is 0. The van der Waals surface area contributed by atoms with Crippen molar-refractivity contribution in [2.45, 2.75) is 44.1 Å². The molecule has 1 saturated carbocycles. The van der Waals surface area contributed by atoms with Crippen LogP contribution in [0.15, 0.2) is 24.3 Å². The van der Waals surface area contributed by atoms with Gasteiger partial charge in [0.1, 0.15) is 5.75 Å². The first-order valence-corrected chi connectivity index (χ1v) is 8.43. The minimum absolute atomic E-state index is 0.511. The molecule has 1 atom stereocenters. The molecule has 2 nitrogen and oxygen atoms in total. The number of fused-ring (bicyclic) bond motifs is 1. The summed E-state index contributed by atoms with van der Waals surface area (Å²) in [4.78, 5) is 2.61. The molecule has 1 aliphatic heterocycles. The Kier molecular flexibility index (Phi) is 4.85. The molecule has 3 rings (SSSR count). The van der Waals surface area contributed by atoms with Gasteiger partial charge in [-0.1, -0.05) is 37.5 Å². The molecule has 20 heavy (non-hydrogen) atoms. The summed E-state index contributed by atoms with van der Waals surface area (Å²) in [5.74, 6) is 2.31. The van der Waals surface area contributed by atoms with Crippen molar-refractivity contribution in [2.75, 3.05) is 25.6 Å². The molecule has 1 aromatic carbocycles. The van der Waals surface area contributed by atoms with Gasteiger partial charge in [0.05, 0.1) is 6.61 Å². The van der Waals surface area contributed by atoms with Crippen LogP contribution in [-0.2, 0) is 0 Å². The maximum absolute atomic E-state index is 6.03. The Morgan fingerprint density at radius 2 is 1.95 bits per heavy atom. The fourth-order valence-corrected chi connectivity index (χ4v) is 3.86. The van der Waals surface area contributed by atoms with E-state index in [1.165, 1.54) is 37.7 Å². The van der Waals surface area contributed by atoms with Gasteiger partial charge in [-0.15, -0.1) is 11.6 Å². The minimum atomic E-state index is 0.511. The molecule has 0 bridgehead atoms. The SMILES string of the molecule is ClCCN(CC1COc2ccccc21)C1CCCCC1. The monoisotopic (exact) mass is 293 g/mol. The molecule has 0 amide bonds. The maximum atomic E-state index is 6.03. The molecule has 1 unspecified atom stereocenters. The number of ether oxygens (including phenoxy) is 1. The third kappa shape index (κ3) is 3.12. The van der Waals surface area contributed by atoms with E-state index in [2.05, 4.69) is 29.2 Å². The van der Waals surface area contributed by atoms with Gasteiger partial charge in [-0.05, 0) is 18.9 Å². The second kappa shape index (κ2) is 6.82. The van der Waals surface area contributed by atoms with Gasteiger partial charge >= 0.3 is 0 Å². The summed E-state index contributed by atoms with van der Waals surface area (Å²) in [7, 11) is 0. The van der Waals surface area contributed by atoms with Crippen LogP contribution in [0, 0.1) is 0 Å². The predicted octanol–water partition coefficient (Wildman–Crippen LogP) is 4.04. The van der Waals surface area contributed by atoms with Crippen LogP contribution < -0.4 is 4.74 Å². The lowest BCUT2D eigenvalue weighted by Gasteiger charge is -2.35. The van der Waals surface area contributed by atoms with E-state index in [0.29, 0.717) is 5.92 Å². The molecule has 0 spiro atoms. The standard InChI is InChI=1S/C17H24ClNO/c18-10-11-19(15-6-2-1-3-7-15)12-14-13-20-17-9-5-4-8-16(14)17/h4-5,8-9,14-15H,1-3,6-7,10-13H2. The topological polar surface area (TPSA) is 12.5 Å². The fraction of sp³-hybridized carbons (Fsp3) is 0.647. The summed E-state index contributed by atoms with van der Waals surface area (Å²) < 4.78 is 5.82. The van der Waals surface area contributed by atoms with E-state index < -0.39 is 0 Å². The first kappa shape index (κ1) is 14.2. The normalized spacial score (nSPS) is 22.8. The van der Waals surface area contributed by atoms with E-state index in [-0.39, 0.29) is 0 Å². The van der Waals surface area contributed by atoms with E-state index in [1.54, 1.807) is 0 Å². The Bertz CT molecular complexity index is 431. The van der Waals surface area contributed by atoms with Gasteiger partial charge in [0.2, 0.25) is 0 Å². The number of rotatable bonds is 5. The lowest BCUT2D eigenvalue weighted by Crippen LogP contribution is -2.41. The molecule has 2 aliphatic rings. The molecule has 0 radical (unpaired) electrons. The molecule has 0 aromatic heterocycles. The molecular weight excluding hydrogens is 270 g/mol. The molecule has 1 aromatic rings. The maximum Gasteiger partial charge on any atom is 0.122 e.